The molecule has 0 atom stereocenters. The van der Waals surface area contributed by atoms with Gasteiger partial charge >= 0.3 is 5.97 Å². The lowest BCUT2D eigenvalue weighted by atomic mass is 9.98. The zero-order chi connectivity index (χ0) is 38.0. The molecule has 11 heteroatoms. The molecule has 6 rings (SSSR count). The van der Waals surface area contributed by atoms with E-state index in [1.807, 2.05) is 84.5 Å². The zero-order valence-corrected chi connectivity index (χ0v) is 32.9. The number of nitrogens with zero attached hydrogens (tertiary/aromatic N) is 4. The highest BCUT2D eigenvalue weighted by molar-refractivity contribution is 6.35. The Bertz CT molecular complexity index is 2260. The number of hydrogen-bond donors (Lipinski definition) is 2. The quantitative estimate of drug-likeness (QED) is 0.0959. The van der Waals surface area contributed by atoms with Crippen LogP contribution >= 0.6 is 23.2 Å². The first-order valence-electron chi connectivity index (χ1n) is 17.6. The van der Waals surface area contributed by atoms with Gasteiger partial charge < -0.3 is 23.9 Å². The maximum atomic E-state index is 12.7. The minimum absolute atomic E-state index is 0.181. The molecular formula is C41H47Cl2N5O4. The predicted molar refractivity (Wildman–Crippen MR) is 213 cm³/mol. The van der Waals surface area contributed by atoms with E-state index in [1.165, 1.54) is 5.56 Å². The van der Waals surface area contributed by atoms with Gasteiger partial charge in [-0.05, 0) is 107 Å². The van der Waals surface area contributed by atoms with Crippen LogP contribution in [0.5, 0.6) is 5.75 Å². The molecule has 3 heterocycles. The van der Waals surface area contributed by atoms with Crippen molar-refractivity contribution in [3.8, 4) is 16.9 Å². The van der Waals surface area contributed by atoms with Crippen LogP contribution < -0.4 is 9.64 Å². The summed E-state index contributed by atoms with van der Waals surface area (Å²) in [6.07, 6.45) is 4.25. The Labute approximate surface area is 315 Å². The van der Waals surface area contributed by atoms with Gasteiger partial charge in [-0.3, -0.25) is 9.89 Å². The van der Waals surface area contributed by atoms with Crippen molar-refractivity contribution in [2.75, 3.05) is 18.1 Å². The van der Waals surface area contributed by atoms with Crippen molar-refractivity contribution in [1.29, 1.82) is 0 Å². The zero-order valence-electron chi connectivity index (χ0n) is 31.4. The van der Waals surface area contributed by atoms with E-state index in [0.29, 0.717) is 35.8 Å². The number of aromatic carboxylic acids is 1. The van der Waals surface area contributed by atoms with Gasteiger partial charge in [0.15, 0.2) is 0 Å². The molecule has 6 aromatic rings. The molecule has 0 radical (unpaired) electrons. The number of halogens is 2. The molecule has 3 aromatic carbocycles. The molecule has 0 bridgehead atoms. The summed E-state index contributed by atoms with van der Waals surface area (Å²) >= 11 is 13.4. The van der Waals surface area contributed by atoms with E-state index < -0.39 is 5.97 Å². The average molecular weight is 745 g/mol. The number of aromatic amines is 1. The maximum Gasteiger partial charge on any atom is 0.335 e. The molecule has 0 aliphatic heterocycles. The fourth-order valence-corrected chi connectivity index (χ4v) is 7.70. The number of hydrogen-bond acceptors (Lipinski definition) is 4. The maximum absolute atomic E-state index is 12.7. The molecule has 0 aliphatic rings. The number of H-pyrrole nitrogens is 1. The van der Waals surface area contributed by atoms with Crippen molar-refractivity contribution in [3.05, 3.63) is 97.5 Å². The Morgan fingerprint density at radius 1 is 0.962 bits per heavy atom. The van der Waals surface area contributed by atoms with E-state index in [2.05, 4.69) is 27.8 Å². The second-order valence-corrected chi connectivity index (χ2v) is 13.9. The van der Waals surface area contributed by atoms with Crippen LogP contribution in [0.1, 0.15) is 70.0 Å². The van der Waals surface area contributed by atoms with Crippen molar-refractivity contribution in [3.63, 3.8) is 0 Å². The lowest BCUT2D eigenvalue weighted by Gasteiger charge is -2.20. The number of ether oxygens (including phenoxy) is 1. The van der Waals surface area contributed by atoms with Crippen LogP contribution in [0, 0.1) is 41.5 Å². The van der Waals surface area contributed by atoms with Crippen molar-refractivity contribution in [1.82, 2.24) is 19.3 Å². The number of carboxylic acids is 1. The summed E-state index contributed by atoms with van der Waals surface area (Å²) in [6, 6.07) is 11.3. The molecule has 9 nitrogen and oxygen atoms in total. The predicted octanol–water partition coefficient (Wildman–Crippen LogP) is 10.1. The van der Waals surface area contributed by atoms with Crippen LogP contribution in [-0.4, -0.2) is 50.0 Å². The topological polar surface area (TPSA) is 105 Å². The molecule has 0 unspecified atom stereocenters. The number of carbonyl (C=O) groups excluding carboxylic acids is 1. The molecule has 0 saturated heterocycles. The van der Waals surface area contributed by atoms with Gasteiger partial charge in [-0.2, -0.15) is 5.10 Å². The second-order valence-electron chi connectivity index (χ2n) is 13.1. The Morgan fingerprint density at radius 3 is 2.27 bits per heavy atom. The first-order chi connectivity index (χ1) is 24.8. The van der Waals surface area contributed by atoms with Crippen LogP contribution in [0.25, 0.3) is 32.9 Å². The molecule has 1 amide bonds. The Kier molecular flexibility index (Phi) is 11.8. The third-order valence-corrected chi connectivity index (χ3v) is 10.6. The van der Waals surface area contributed by atoms with Crippen LogP contribution in [0.2, 0.25) is 10.0 Å². The van der Waals surface area contributed by atoms with Crippen molar-refractivity contribution < 1.29 is 19.4 Å². The lowest BCUT2D eigenvalue weighted by molar-refractivity contribution is -0.107. The number of nitrogens with one attached hydrogen (secondary N) is 1. The summed E-state index contributed by atoms with van der Waals surface area (Å²) < 4.78 is 10.4. The molecule has 52 heavy (non-hydrogen) atoms. The van der Waals surface area contributed by atoms with Crippen molar-refractivity contribution >= 4 is 63.1 Å². The normalized spacial score (nSPS) is 11.2. The van der Waals surface area contributed by atoms with E-state index in [1.54, 1.807) is 17.0 Å². The van der Waals surface area contributed by atoms with Crippen LogP contribution in [0.3, 0.4) is 0 Å². The lowest BCUT2D eigenvalue weighted by Crippen LogP contribution is -2.26. The smallest absolute Gasteiger partial charge is 0.335 e. The summed E-state index contributed by atoms with van der Waals surface area (Å²) in [5.41, 5.74) is 11.4. The van der Waals surface area contributed by atoms with Crippen molar-refractivity contribution in [2.24, 2.45) is 7.05 Å². The van der Waals surface area contributed by atoms with E-state index in [0.717, 1.165) is 91.3 Å². The summed E-state index contributed by atoms with van der Waals surface area (Å²) in [4.78, 5) is 26.3. The summed E-state index contributed by atoms with van der Waals surface area (Å²) in [5.74, 6) is -0.209. The van der Waals surface area contributed by atoms with Crippen LogP contribution in [0.15, 0.2) is 42.6 Å². The minimum atomic E-state index is -1.01. The number of aromatic nitrogens is 4. The third kappa shape index (κ3) is 7.17. The average Bonchev–Trinajstić information content (AvgIpc) is 3.72. The van der Waals surface area contributed by atoms with Gasteiger partial charge in [0.25, 0.3) is 0 Å². The van der Waals surface area contributed by atoms with Gasteiger partial charge in [-0.15, -0.1) is 0 Å². The van der Waals surface area contributed by atoms with Crippen LogP contribution in [-0.2, 0) is 24.8 Å². The highest BCUT2D eigenvalue weighted by Crippen LogP contribution is 2.42. The van der Waals surface area contributed by atoms with Crippen molar-refractivity contribution in [2.45, 2.75) is 74.8 Å². The first kappa shape index (κ1) is 38.5. The molecule has 0 aliphatic carbocycles. The Morgan fingerprint density at radius 2 is 1.65 bits per heavy atom. The minimum Gasteiger partial charge on any atom is -0.494 e. The van der Waals surface area contributed by atoms with Gasteiger partial charge in [0.05, 0.1) is 39.6 Å². The Balaban J connectivity index is 0.00000257. The third-order valence-electron chi connectivity index (χ3n) is 9.68. The number of anilines is 1. The number of carbonyl (C=O) groups is 2. The van der Waals surface area contributed by atoms with E-state index in [4.69, 9.17) is 27.9 Å². The molecule has 3 aromatic heterocycles. The van der Waals surface area contributed by atoms with Gasteiger partial charge in [0.1, 0.15) is 5.75 Å². The molecule has 2 N–H and O–H groups in total. The number of benzene rings is 3. The molecule has 274 valence electrons. The highest BCUT2D eigenvalue weighted by atomic mass is 35.5. The fourth-order valence-electron chi connectivity index (χ4n) is 7.35. The SMILES string of the molecule is CC.Cc1cc(OCCCc2c(C)n(CCN(C=O)c3cn(C)c4c(C)cc(C(=O)O)cc34)c3c(-c4c(C)n[nH]c4C)c(Cl)ccc23)cc(C)c1Cl. The summed E-state index contributed by atoms with van der Waals surface area (Å²) in [5, 5.41) is 20.5. The molecular weight excluding hydrogens is 697 g/mol. The van der Waals surface area contributed by atoms with Crippen LogP contribution in [0.4, 0.5) is 5.69 Å². The van der Waals surface area contributed by atoms with Gasteiger partial charge in [0.2, 0.25) is 6.41 Å². The van der Waals surface area contributed by atoms with E-state index in [-0.39, 0.29) is 5.56 Å². The fraction of sp³-hybridized carbons (Fsp3) is 0.341. The number of carboxylic acid groups (broad SMARTS) is 1. The Hall–Kier alpha value is -4.73. The second kappa shape index (κ2) is 15.9. The monoisotopic (exact) mass is 743 g/mol. The number of rotatable bonds is 12. The first-order valence-corrected chi connectivity index (χ1v) is 18.3. The summed E-state index contributed by atoms with van der Waals surface area (Å²) in [6.45, 7) is 17.3. The molecule has 0 fully saturated rings. The van der Waals surface area contributed by atoms with Gasteiger partial charge in [0, 0.05) is 64.6 Å². The number of aryl methyl sites for hydroxylation is 7. The van der Waals surface area contributed by atoms with E-state index >= 15 is 0 Å². The largest absolute Gasteiger partial charge is 0.494 e. The molecule has 0 spiro atoms. The van der Waals surface area contributed by atoms with E-state index in [9.17, 15) is 14.7 Å². The van der Waals surface area contributed by atoms with Gasteiger partial charge in [-0.25, -0.2) is 4.79 Å². The number of amides is 1. The highest BCUT2D eigenvalue weighted by Gasteiger charge is 2.24. The number of fused-ring (bicyclic) bond motifs is 2. The van der Waals surface area contributed by atoms with Gasteiger partial charge in [-0.1, -0.05) is 43.1 Å². The standard InChI is InChI=1S/C39H41Cl2N5O4.C2H6/c1-21-16-28(17-22(2)36(21)41)50-14-8-9-29-26(6)46(38-30(29)10-11-32(40)35(38)34-24(4)42-43-25(34)5)13-12-45(20-47)33-19-44(7)37-23(3)15-27(39(48)49)18-31(33)37;1-2/h10-11,15-20H,8-9,12-14H2,1-7H3,(H,42,43)(H,48,49);1-2H3. The summed E-state index contributed by atoms with van der Waals surface area (Å²) in [7, 11) is 1.90. The molecule has 0 saturated carbocycles.